The van der Waals surface area contributed by atoms with Crippen LogP contribution >= 0.6 is 15.9 Å². The number of benzene rings is 1. The normalized spacial score (nSPS) is 10.8. The second-order valence-corrected chi connectivity index (χ2v) is 4.26. The van der Waals surface area contributed by atoms with Crippen LogP contribution in [0.15, 0.2) is 27.1 Å². The maximum atomic E-state index is 13.3. The van der Waals surface area contributed by atoms with Crippen LogP contribution in [0.2, 0.25) is 0 Å². The van der Waals surface area contributed by atoms with E-state index in [0.29, 0.717) is 28.4 Å². The van der Waals surface area contributed by atoms with Gasteiger partial charge in [-0.1, -0.05) is 6.92 Å². The quantitative estimate of drug-likeness (QED) is 0.943. The van der Waals surface area contributed by atoms with Crippen LogP contribution < -0.4 is 5.32 Å². The predicted molar refractivity (Wildman–Crippen MR) is 64.8 cm³/mol. The molecule has 0 unspecified atom stereocenters. The lowest BCUT2D eigenvalue weighted by atomic mass is 10.2. The molecule has 1 aromatic heterocycles. The van der Waals surface area contributed by atoms with Gasteiger partial charge in [0.1, 0.15) is 5.82 Å². The SMILES string of the molecule is CCNCc1nnc(-c2ccc(Br)c(F)c2)o1. The van der Waals surface area contributed by atoms with Crippen molar-refractivity contribution in [2.24, 2.45) is 0 Å². The highest BCUT2D eigenvalue weighted by Crippen LogP contribution is 2.23. The smallest absolute Gasteiger partial charge is 0.247 e. The summed E-state index contributed by atoms with van der Waals surface area (Å²) in [6.45, 7) is 3.33. The van der Waals surface area contributed by atoms with Crippen LogP contribution in [0.25, 0.3) is 11.5 Å². The lowest BCUT2D eigenvalue weighted by Gasteiger charge is -1.97. The Morgan fingerprint density at radius 2 is 2.24 bits per heavy atom. The van der Waals surface area contributed by atoms with E-state index >= 15 is 0 Å². The highest BCUT2D eigenvalue weighted by molar-refractivity contribution is 9.10. The number of nitrogens with one attached hydrogen (secondary N) is 1. The number of hydrogen-bond donors (Lipinski definition) is 1. The van der Waals surface area contributed by atoms with Crippen LogP contribution in [0.5, 0.6) is 0 Å². The van der Waals surface area contributed by atoms with Crippen molar-refractivity contribution in [2.45, 2.75) is 13.5 Å². The molecule has 0 spiro atoms. The maximum Gasteiger partial charge on any atom is 0.247 e. The molecule has 0 radical (unpaired) electrons. The van der Waals surface area contributed by atoms with Crippen LogP contribution in [0.3, 0.4) is 0 Å². The van der Waals surface area contributed by atoms with E-state index in [1.807, 2.05) is 6.92 Å². The molecule has 17 heavy (non-hydrogen) atoms. The molecule has 90 valence electrons. The van der Waals surface area contributed by atoms with Crippen molar-refractivity contribution in [2.75, 3.05) is 6.54 Å². The monoisotopic (exact) mass is 299 g/mol. The number of aromatic nitrogens is 2. The van der Waals surface area contributed by atoms with Crippen molar-refractivity contribution in [1.82, 2.24) is 15.5 Å². The summed E-state index contributed by atoms with van der Waals surface area (Å²) in [6, 6.07) is 4.69. The van der Waals surface area contributed by atoms with Gasteiger partial charge in [0, 0.05) is 5.56 Å². The minimum Gasteiger partial charge on any atom is -0.419 e. The van der Waals surface area contributed by atoms with Crippen LogP contribution in [-0.2, 0) is 6.54 Å². The fraction of sp³-hybridized carbons (Fsp3) is 0.273. The van der Waals surface area contributed by atoms with Crippen molar-refractivity contribution >= 4 is 15.9 Å². The highest BCUT2D eigenvalue weighted by atomic mass is 79.9. The summed E-state index contributed by atoms with van der Waals surface area (Å²) in [5.41, 5.74) is 0.570. The second-order valence-electron chi connectivity index (χ2n) is 3.41. The summed E-state index contributed by atoms with van der Waals surface area (Å²) < 4.78 is 19.1. The Labute approximate surface area is 106 Å². The molecule has 4 nitrogen and oxygen atoms in total. The van der Waals surface area contributed by atoms with Crippen molar-refractivity contribution in [3.63, 3.8) is 0 Å². The topological polar surface area (TPSA) is 51.0 Å². The fourth-order valence-electron chi connectivity index (χ4n) is 1.30. The van der Waals surface area contributed by atoms with E-state index < -0.39 is 0 Å². The summed E-state index contributed by atoms with van der Waals surface area (Å²) >= 11 is 3.09. The maximum absolute atomic E-state index is 13.3. The molecular weight excluding hydrogens is 289 g/mol. The first-order valence-corrected chi connectivity index (χ1v) is 5.98. The largest absolute Gasteiger partial charge is 0.419 e. The van der Waals surface area contributed by atoms with Crippen molar-refractivity contribution in [3.8, 4) is 11.5 Å². The Balaban J connectivity index is 2.21. The molecule has 0 atom stereocenters. The fourth-order valence-corrected chi connectivity index (χ4v) is 1.55. The number of halogens is 2. The van der Waals surface area contributed by atoms with Gasteiger partial charge in [0.25, 0.3) is 0 Å². The van der Waals surface area contributed by atoms with Crippen molar-refractivity contribution < 1.29 is 8.81 Å². The zero-order valence-electron chi connectivity index (χ0n) is 9.20. The van der Waals surface area contributed by atoms with Gasteiger partial charge >= 0.3 is 0 Å². The van der Waals surface area contributed by atoms with Crippen molar-refractivity contribution in [1.29, 1.82) is 0 Å². The molecule has 2 aromatic rings. The van der Waals surface area contributed by atoms with Gasteiger partial charge in [-0.15, -0.1) is 10.2 Å². The summed E-state index contributed by atoms with van der Waals surface area (Å²) in [6.07, 6.45) is 0. The van der Waals surface area contributed by atoms with E-state index in [9.17, 15) is 4.39 Å². The predicted octanol–water partition coefficient (Wildman–Crippen LogP) is 2.75. The van der Waals surface area contributed by atoms with Crippen LogP contribution in [-0.4, -0.2) is 16.7 Å². The molecule has 2 rings (SSSR count). The molecule has 0 aliphatic carbocycles. The molecule has 0 amide bonds. The standard InChI is InChI=1S/C11H11BrFN3O/c1-2-14-6-10-15-16-11(17-10)7-3-4-8(12)9(13)5-7/h3-5,14H,2,6H2,1H3. The second kappa shape index (κ2) is 5.37. The zero-order valence-corrected chi connectivity index (χ0v) is 10.8. The molecule has 6 heteroatoms. The zero-order chi connectivity index (χ0) is 12.3. The Kier molecular flexibility index (Phi) is 3.86. The number of hydrogen-bond acceptors (Lipinski definition) is 4. The van der Waals surface area contributed by atoms with Crippen LogP contribution in [0, 0.1) is 5.82 Å². The number of nitrogens with zero attached hydrogens (tertiary/aromatic N) is 2. The van der Waals surface area contributed by atoms with E-state index in [0.717, 1.165) is 6.54 Å². The summed E-state index contributed by atoms with van der Waals surface area (Å²) in [5, 5.41) is 10.8. The minimum atomic E-state index is -0.353. The van der Waals surface area contributed by atoms with Gasteiger partial charge in [-0.05, 0) is 40.7 Å². The first-order chi connectivity index (χ1) is 8.20. The van der Waals surface area contributed by atoms with E-state index in [4.69, 9.17) is 4.42 Å². The van der Waals surface area contributed by atoms with Crippen molar-refractivity contribution in [3.05, 3.63) is 34.4 Å². The summed E-state index contributed by atoms with van der Waals surface area (Å²) in [5.74, 6) is 0.461. The molecule has 0 aliphatic rings. The first kappa shape index (κ1) is 12.2. The molecule has 0 saturated heterocycles. The van der Waals surface area contributed by atoms with Gasteiger partial charge < -0.3 is 9.73 Å². The Morgan fingerprint density at radius 1 is 1.41 bits per heavy atom. The third-order valence-corrected chi connectivity index (χ3v) is 2.80. The molecule has 0 fully saturated rings. The average molecular weight is 300 g/mol. The molecule has 0 bridgehead atoms. The van der Waals surface area contributed by atoms with Gasteiger partial charge in [0.05, 0.1) is 11.0 Å². The highest BCUT2D eigenvalue weighted by Gasteiger charge is 2.10. The molecule has 0 saturated carbocycles. The van der Waals surface area contributed by atoms with Gasteiger partial charge in [-0.25, -0.2) is 4.39 Å². The number of rotatable bonds is 4. The lowest BCUT2D eigenvalue weighted by molar-refractivity contribution is 0.481. The third kappa shape index (κ3) is 2.89. The van der Waals surface area contributed by atoms with E-state index in [2.05, 4.69) is 31.4 Å². The first-order valence-electron chi connectivity index (χ1n) is 5.19. The molecule has 1 aromatic carbocycles. The Hall–Kier alpha value is -1.27. The van der Waals surface area contributed by atoms with Crippen LogP contribution in [0.4, 0.5) is 4.39 Å². The van der Waals surface area contributed by atoms with E-state index in [1.165, 1.54) is 6.07 Å². The average Bonchev–Trinajstić information content (AvgIpc) is 2.79. The molecular formula is C11H11BrFN3O. The van der Waals surface area contributed by atoms with Crippen LogP contribution in [0.1, 0.15) is 12.8 Å². The van der Waals surface area contributed by atoms with Gasteiger partial charge in [0.15, 0.2) is 0 Å². The lowest BCUT2D eigenvalue weighted by Crippen LogP contribution is -2.11. The molecule has 1 heterocycles. The van der Waals surface area contributed by atoms with Gasteiger partial charge in [-0.3, -0.25) is 0 Å². The molecule has 1 N–H and O–H groups in total. The Bertz CT molecular complexity index is 515. The summed E-state index contributed by atoms with van der Waals surface area (Å²) in [7, 11) is 0. The molecule has 0 aliphatic heterocycles. The third-order valence-electron chi connectivity index (χ3n) is 2.16. The Morgan fingerprint density at radius 3 is 2.94 bits per heavy atom. The van der Waals surface area contributed by atoms with Gasteiger partial charge in [0.2, 0.25) is 11.8 Å². The summed E-state index contributed by atoms with van der Waals surface area (Å²) in [4.78, 5) is 0. The minimum absolute atomic E-state index is 0.323. The van der Waals surface area contributed by atoms with E-state index in [-0.39, 0.29) is 5.82 Å². The van der Waals surface area contributed by atoms with E-state index in [1.54, 1.807) is 12.1 Å². The van der Waals surface area contributed by atoms with Gasteiger partial charge in [-0.2, -0.15) is 0 Å².